The lowest BCUT2D eigenvalue weighted by molar-refractivity contribution is -0.113. The van der Waals surface area contributed by atoms with Crippen LogP contribution in [-0.2, 0) is 4.79 Å². The first-order valence-corrected chi connectivity index (χ1v) is 4.58. The van der Waals surface area contributed by atoms with Crippen molar-refractivity contribution >= 4 is 5.78 Å². The zero-order valence-corrected chi connectivity index (χ0v) is 8.74. The molecule has 12 heavy (non-hydrogen) atoms. The second-order valence-corrected chi connectivity index (χ2v) is 4.18. The van der Waals surface area contributed by atoms with Gasteiger partial charge in [0.2, 0.25) is 0 Å². The van der Waals surface area contributed by atoms with Crippen LogP contribution < -0.4 is 0 Å². The number of Topliss-reactive ketones (excluding diaryl/α,β-unsaturated/α-hetero) is 1. The molecule has 0 aromatic rings. The first-order valence-electron chi connectivity index (χ1n) is 4.58. The third-order valence-electron chi connectivity index (χ3n) is 2.56. The molecule has 0 heterocycles. The number of ketones is 1. The summed E-state index contributed by atoms with van der Waals surface area (Å²) in [5.74, 6) is 0.127. The summed E-state index contributed by atoms with van der Waals surface area (Å²) in [6, 6.07) is 0. The maximum atomic E-state index is 10.8. The molecule has 0 aliphatic heterocycles. The van der Waals surface area contributed by atoms with E-state index in [1.54, 1.807) is 6.92 Å². The molecular weight excluding hydrogens is 148 g/mol. The highest BCUT2D eigenvalue weighted by Gasteiger charge is 2.15. The molecule has 0 saturated heterocycles. The van der Waals surface area contributed by atoms with Gasteiger partial charge in [-0.1, -0.05) is 33.8 Å². The van der Waals surface area contributed by atoms with Crippen molar-refractivity contribution in [2.45, 2.75) is 47.0 Å². The van der Waals surface area contributed by atoms with Gasteiger partial charge in [0.15, 0.2) is 5.78 Å². The van der Waals surface area contributed by atoms with Crippen LogP contribution >= 0.6 is 0 Å². The van der Waals surface area contributed by atoms with Gasteiger partial charge in [0, 0.05) is 0 Å². The standard InChI is InChI=1S/C11H20O/c1-6-11(4,5)8-7-9(2)10(3)12/h2,6-8H2,1,3-5H3. The monoisotopic (exact) mass is 168 g/mol. The topological polar surface area (TPSA) is 17.1 Å². The first-order chi connectivity index (χ1) is 5.39. The maximum absolute atomic E-state index is 10.8. The van der Waals surface area contributed by atoms with Crippen LogP contribution in [0.1, 0.15) is 47.0 Å². The van der Waals surface area contributed by atoms with Gasteiger partial charge >= 0.3 is 0 Å². The fraction of sp³-hybridized carbons (Fsp3) is 0.727. The summed E-state index contributed by atoms with van der Waals surface area (Å²) in [6.45, 7) is 11.9. The normalized spacial score (nSPS) is 11.3. The minimum Gasteiger partial charge on any atom is -0.295 e. The Kier molecular flexibility index (Phi) is 4.22. The fourth-order valence-electron chi connectivity index (χ4n) is 0.842. The van der Waals surface area contributed by atoms with Crippen molar-refractivity contribution in [3.63, 3.8) is 0 Å². The molecule has 1 nitrogen and oxygen atoms in total. The van der Waals surface area contributed by atoms with Crippen molar-refractivity contribution in [1.29, 1.82) is 0 Å². The Hall–Kier alpha value is -0.590. The van der Waals surface area contributed by atoms with Crippen LogP contribution in [0, 0.1) is 5.41 Å². The number of carbonyl (C=O) groups excluding carboxylic acids is 1. The van der Waals surface area contributed by atoms with E-state index in [0.717, 1.165) is 24.8 Å². The molecule has 0 aromatic carbocycles. The van der Waals surface area contributed by atoms with Gasteiger partial charge in [0.1, 0.15) is 0 Å². The molecule has 0 rings (SSSR count). The molecule has 0 saturated carbocycles. The minimum absolute atomic E-state index is 0.127. The lowest BCUT2D eigenvalue weighted by atomic mass is 9.83. The van der Waals surface area contributed by atoms with Crippen molar-refractivity contribution in [2.75, 3.05) is 0 Å². The molecule has 0 aromatic heterocycles. The van der Waals surface area contributed by atoms with E-state index in [4.69, 9.17) is 0 Å². The predicted molar refractivity (Wildman–Crippen MR) is 53.1 cm³/mol. The number of hydrogen-bond donors (Lipinski definition) is 0. The van der Waals surface area contributed by atoms with Crippen LogP contribution in [0.2, 0.25) is 0 Å². The lowest BCUT2D eigenvalue weighted by Gasteiger charge is -2.22. The molecule has 0 unspecified atom stereocenters. The Morgan fingerprint density at radius 2 is 1.92 bits per heavy atom. The number of allylic oxidation sites excluding steroid dienone is 1. The summed E-state index contributed by atoms with van der Waals surface area (Å²) in [5, 5.41) is 0. The third kappa shape index (κ3) is 4.32. The average Bonchev–Trinajstić information content (AvgIpc) is 2.00. The van der Waals surface area contributed by atoms with E-state index in [-0.39, 0.29) is 5.78 Å². The highest BCUT2D eigenvalue weighted by molar-refractivity contribution is 5.92. The fourth-order valence-corrected chi connectivity index (χ4v) is 0.842. The summed E-state index contributed by atoms with van der Waals surface area (Å²) in [7, 11) is 0. The van der Waals surface area contributed by atoms with Crippen LogP contribution in [0.4, 0.5) is 0 Å². The number of carbonyl (C=O) groups is 1. The summed E-state index contributed by atoms with van der Waals surface area (Å²) in [6.07, 6.45) is 3.05. The largest absolute Gasteiger partial charge is 0.295 e. The van der Waals surface area contributed by atoms with E-state index in [1.807, 2.05) is 0 Å². The summed E-state index contributed by atoms with van der Waals surface area (Å²) in [4.78, 5) is 10.8. The van der Waals surface area contributed by atoms with Gasteiger partial charge in [0.05, 0.1) is 0 Å². The Bertz CT molecular complexity index is 177. The smallest absolute Gasteiger partial charge is 0.155 e. The van der Waals surface area contributed by atoms with Gasteiger partial charge in [0.25, 0.3) is 0 Å². The van der Waals surface area contributed by atoms with E-state index < -0.39 is 0 Å². The lowest BCUT2D eigenvalue weighted by Crippen LogP contribution is -2.10. The van der Waals surface area contributed by atoms with Crippen LogP contribution in [0.5, 0.6) is 0 Å². The van der Waals surface area contributed by atoms with Gasteiger partial charge in [-0.15, -0.1) is 0 Å². The molecule has 0 aliphatic carbocycles. The van der Waals surface area contributed by atoms with Crippen molar-refractivity contribution in [2.24, 2.45) is 5.41 Å². The number of rotatable bonds is 5. The molecule has 0 N–H and O–H groups in total. The Labute approximate surface area is 75.9 Å². The predicted octanol–water partition coefficient (Wildman–Crippen LogP) is 3.35. The molecule has 70 valence electrons. The van der Waals surface area contributed by atoms with Crippen LogP contribution in [0.25, 0.3) is 0 Å². The van der Waals surface area contributed by atoms with Crippen molar-refractivity contribution in [3.05, 3.63) is 12.2 Å². The van der Waals surface area contributed by atoms with Gasteiger partial charge in [-0.3, -0.25) is 4.79 Å². The van der Waals surface area contributed by atoms with E-state index in [1.165, 1.54) is 0 Å². The molecule has 0 fully saturated rings. The Balaban J connectivity index is 3.83. The van der Waals surface area contributed by atoms with Gasteiger partial charge < -0.3 is 0 Å². The SMILES string of the molecule is C=C(CCC(C)(C)CC)C(C)=O. The van der Waals surface area contributed by atoms with Crippen LogP contribution in [0.3, 0.4) is 0 Å². The molecule has 0 aliphatic rings. The summed E-state index contributed by atoms with van der Waals surface area (Å²) in [5.41, 5.74) is 1.11. The highest BCUT2D eigenvalue weighted by Crippen LogP contribution is 2.27. The molecule has 0 radical (unpaired) electrons. The van der Waals surface area contributed by atoms with Crippen LogP contribution in [0.15, 0.2) is 12.2 Å². The van der Waals surface area contributed by atoms with Crippen LogP contribution in [-0.4, -0.2) is 5.78 Å². The Morgan fingerprint density at radius 1 is 1.42 bits per heavy atom. The molecule has 0 spiro atoms. The zero-order chi connectivity index (χ0) is 9.78. The highest BCUT2D eigenvalue weighted by atomic mass is 16.1. The van der Waals surface area contributed by atoms with E-state index in [2.05, 4.69) is 27.4 Å². The molecule has 0 amide bonds. The quantitative estimate of drug-likeness (QED) is 0.575. The van der Waals surface area contributed by atoms with Gasteiger partial charge in [-0.25, -0.2) is 0 Å². The van der Waals surface area contributed by atoms with Gasteiger partial charge in [-0.2, -0.15) is 0 Å². The summed E-state index contributed by atoms with van der Waals surface area (Å²) >= 11 is 0. The number of hydrogen-bond acceptors (Lipinski definition) is 1. The molecule has 0 bridgehead atoms. The third-order valence-corrected chi connectivity index (χ3v) is 2.56. The first kappa shape index (κ1) is 11.4. The van der Waals surface area contributed by atoms with E-state index in [9.17, 15) is 4.79 Å². The minimum atomic E-state index is 0.127. The average molecular weight is 168 g/mol. The van der Waals surface area contributed by atoms with Gasteiger partial charge in [-0.05, 0) is 30.8 Å². The maximum Gasteiger partial charge on any atom is 0.155 e. The van der Waals surface area contributed by atoms with Crippen molar-refractivity contribution in [1.82, 2.24) is 0 Å². The van der Waals surface area contributed by atoms with E-state index in [0.29, 0.717) is 5.41 Å². The van der Waals surface area contributed by atoms with Crippen molar-refractivity contribution < 1.29 is 4.79 Å². The molecular formula is C11H20O. The van der Waals surface area contributed by atoms with E-state index >= 15 is 0 Å². The zero-order valence-electron chi connectivity index (χ0n) is 8.74. The second kappa shape index (κ2) is 4.44. The van der Waals surface area contributed by atoms with Crippen molar-refractivity contribution in [3.8, 4) is 0 Å². The molecule has 1 heteroatoms. The molecule has 0 atom stereocenters. The summed E-state index contributed by atoms with van der Waals surface area (Å²) < 4.78 is 0. The Morgan fingerprint density at radius 3 is 2.25 bits per heavy atom. The second-order valence-electron chi connectivity index (χ2n) is 4.18.